The Kier molecular flexibility index (Phi) is 5.98. The SMILES string of the molecule is NNC(N)=NCCCOCc1ccccc1. The van der Waals surface area contributed by atoms with Crippen LogP contribution in [-0.4, -0.2) is 19.1 Å². The minimum absolute atomic E-state index is 0.253. The molecule has 0 aliphatic carbocycles. The lowest BCUT2D eigenvalue weighted by atomic mass is 10.2. The first-order valence-electron chi connectivity index (χ1n) is 5.21. The third-order valence-electron chi connectivity index (χ3n) is 1.99. The third kappa shape index (κ3) is 5.33. The van der Waals surface area contributed by atoms with Crippen LogP contribution in [0, 0.1) is 0 Å². The molecule has 0 spiro atoms. The molecule has 0 aromatic heterocycles. The van der Waals surface area contributed by atoms with Crippen molar-refractivity contribution in [2.45, 2.75) is 13.0 Å². The Morgan fingerprint density at radius 3 is 2.75 bits per heavy atom. The van der Waals surface area contributed by atoms with E-state index in [1.54, 1.807) is 0 Å². The van der Waals surface area contributed by atoms with Gasteiger partial charge in [-0.25, -0.2) is 5.84 Å². The zero-order valence-electron chi connectivity index (χ0n) is 9.23. The fourth-order valence-electron chi connectivity index (χ4n) is 1.18. The van der Waals surface area contributed by atoms with Crippen molar-refractivity contribution in [3.63, 3.8) is 0 Å². The first-order chi connectivity index (χ1) is 7.83. The average molecular weight is 222 g/mol. The van der Waals surface area contributed by atoms with Crippen LogP contribution in [0.3, 0.4) is 0 Å². The summed E-state index contributed by atoms with van der Waals surface area (Å²) in [6, 6.07) is 10.1. The second-order valence-electron chi connectivity index (χ2n) is 3.30. The molecule has 88 valence electrons. The maximum atomic E-state index is 5.47. The molecule has 5 heteroatoms. The first-order valence-corrected chi connectivity index (χ1v) is 5.21. The number of rotatable bonds is 6. The summed E-state index contributed by atoms with van der Waals surface area (Å²) in [6.07, 6.45) is 0.829. The molecular weight excluding hydrogens is 204 g/mol. The Morgan fingerprint density at radius 2 is 2.06 bits per heavy atom. The number of guanidine groups is 1. The van der Waals surface area contributed by atoms with Gasteiger partial charge >= 0.3 is 0 Å². The van der Waals surface area contributed by atoms with Gasteiger partial charge in [0.25, 0.3) is 0 Å². The van der Waals surface area contributed by atoms with Crippen molar-refractivity contribution in [1.82, 2.24) is 5.43 Å². The van der Waals surface area contributed by atoms with Gasteiger partial charge < -0.3 is 10.5 Å². The van der Waals surface area contributed by atoms with Crippen molar-refractivity contribution >= 4 is 5.96 Å². The summed E-state index contributed by atoms with van der Waals surface area (Å²) in [5, 5.41) is 0. The largest absolute Gasteiger partial charge is 0.377 e. The van der Waals surface area contributed by atoms with Crippen LogP contribution in [-0.2, 0) is 11.3 Å². The van der Waals surface area contributed by atoms with Crippen molar-refractivity contribution < 1.29 is 4.74 Å². The number of nitrogens with one attached hydrogen (secondary N) is 1. The molecule has 0 aliphatic rings. The third-order valence-corrected chi connectivity index (χ3v) is 1.99. The normalized spacial score (nSPS) is 11.4. The molecule has 0 bridgehead atoms. The van der Waals surface area contributed by atoms with Crippen LogP contribution in [0.5, 0.6) is 0 Å². The summed E-state index contributed by atoms with van der Waals surface area (Å²) < 4.78 is 5.47. The van der Waals surface area contributed by atoms with Gasteiger partial charge in [-0.3, -0.25) is 10.4 Å². The minimum atomic E-state index is 0.253. The first kappa shape index (κ1) is 12.5. The maximum Gasteiger partial charge on any atom is 0.203 e. The molecule has 1 aromatic rings. The lowest BCUT2D eigenvalue weighted by molar-refractivity contribution is 0.120. The second kappa shape index (κ2) is 7.67. The molecule has 1 rings (SSSR count). The van der Waals surface area contributed by atoms with E-state index in [1.165, 1.54) is 5.56 Å². The molecule has 0 unspecified atom stereocenters. The van der Waals surface area contributed by atoms with Crippen molar-refractivity contribution in [3.8, 4) is 0 Å². The van der Waals surface area contributed by atoms with E-state index in [0.717, 1.165) is 6.42 Å². The van der Waals surface area contributed by atoms with Crippen molar-refractivity contribution in [1.29, 1.82) is 0 Å². The summed E-state index contributed by atoms with van der Waals surface area (Å²) in [4.78, 5) is 3.97. The molecular formula is C11H18N4O. The summed E-state index contributed by atoms with van der Waals surface area (Å²) in [7, 11) is 0. The van der Waals surface area contributed by atoms with Crippen LogP contribution >= 0.6 is 0 Å². The number of nitrogens with zero attached hydrogens (tertiary/aromatic N) is 1. The lowest BCUT2D eigenvalue weighted by Crippen LogP contribution is -2.37. The molecule has 0 heterocycles. The van der Waals surface area contributed by atoms with Gasteiger partial charge in [0.05, 0.1) is 6.61 Å². The highest BCUT2D eigenvalue weighted by molar-refractivity contribution is 5.76. The average Bonchev–Trinajstić information content (AvgIpc) is 2.34. The fraction of sp³-hybridized carbons (Fsp3) is 0.364. The molecule has 0 aliphatic heterocycles. The van der Waals surface area contributed by atoms with E-state index < -0.39 is 0 Å². The second-order valence-corrected chi connectivity index (χ2v) is 3.30. The highest BCUT2D eigenvalue weighted by Crippen LogP contribution is 2.00. The van der Waals surface area contributed by atoms with E-state index in [9.17, 15) is 0 Å². The van der Waals surface area contributed by atoms with Crippen LogP contribution in [0.1, 0.15) is 12.0 Å². The van der Waals surface area contributed by atoms with E-state index in [0.29, 0.717) is 19.8 Å². The Bertz CT molecular complexity index is 313. The standard InChI is InChI=1S/C11H18N4O/c12-11(15-13)14-7-4-8-16-9-10-5-2-1-3-6-10/h1-3,5-6H,4,7-9,13H2,(H3,12,14,15). The van der Waals surface area contributed by atoms with Gasteiger partial charge in [0, 0.05) is 13.2 Å². The van der Waals surface area contributed by atoms with Crippen molar-refractivity contribution in [2.24, 2.45) is 16.6 Å². The van der Waals surface area contributed by atoms with E-state index in [4.69, 9.17) is 16.3 Å². The molecule has 5 N–H and O–H groups in total. The molecule has 0 atom stereocenters. The molecule has 5 nitrogen and oxygen atoms in total. The summed E-state index contributed by atoms with van der Waals surface area (Å²) >= 11 is 0. The number of ether oxygens (including phenoxy) is 1. The van der Waals surface area contributed by atoms with Crippen LogP contribution in [0.25, 0.3) is 0 Å². The van der Waals surface area contributed by atoms with Gasteiger partial charge in [0.15, 0.2) is 0 Å². The van der Waals surface area contributed by atoms with Gasteiger partial charge in [-0.1, -0.05) is 30.3 Å². The monoisotopic (exact) mass is 222 g/mol. The van der Waals surface area contributed by atoms with E-state index in [-0.39, 0.29) is 5.96 Å². The predicted octanol–water partition coefficient (Wildman–Crippen LogP) is 0.371. The number of nitrogens with two attached hydrogens (primary N) is 2. The molecule has 0 fully saturated rings. The highest BCUT2D eigenvalue weighted by atomic mass is 16.5. The summed E-state index contributed by atoms with van der Waals surface area (Å²) in [6.45, 7) is 1.91. The smallest absolute Gasteiger partial charge is 0.203 e. The zero-order valence-corrected chi connectivity index (χ0v) is 9.23. The van der Waals surface area contributed by atoms with Gasteiger partial charge in [-0.15, -0.1) is 0 Å². The quantitative estimate of drug-likeness (QED) is 0.213. The van der Waals surface area contributed by atoms with Crippen molar-refractivity contribution in [3.05, 3.63) is 35.9 Å². The van der Waals surface area contributed by atoms with Gasteiger partial charge in [0.2, 0.25) is 5.96 Å². The van der Waals surface area contributed by atoms with Crippen LogP contribution < -0.4 is 17.0 Å². The van der Waals surface area contributed by atoms with Gasteiger partial charge in [0.1, 0.15) is 0 Å². The predicted molar refractivity (Wildman–Crippen MR) is 64.5 cm³/mol. The van der Waals surface area contributed by atoms with E-state index in [1.807, 2.05) is 30.3 Å². The molecule has 16 heavy (non-hydrogen) atoms. The Hall–Kier alpha value is -1.59. The fourth-order valence-corrected chi connectivity index (χ4v) is 1.18. The topological polar surface area (TPSA) is 85.7 Å². The van der Waals surface area contributed by atoms with Crippen LogP contribution in [0.2, 0.25) is 0 Å². The number of hydrogen-bond donors (Lipinski definition) is 3. The van der Waals surface area contributed by atoms with Crippen LogP contribution in [0.4, 0.5) is 0 Å². The lowest BCUT2D eigenvalue weighted by Gasteiger charge is -2.03. The minimum Gasteiger partial charge on any atom is -0.377 e. The van der Waals surface area contributed by atoms with Crippen LogP contribution in [0.15, 0.2) is 35.3 Å². The molecule has 0 radical (unpaired) electrons. The highest BCUT2D eigenvalue weighted by Gasteiger charge is 1.92. The number of hydrogen-bond acceptors (Lipinski definition) is 3. The Labute approximate surface area is 95.5 Å². The molecule has 0 saturated heterocycles. The zero-order chi connectivity index (χ0) is 11.6. The van der Waals surface area contributed by atoms with Gasteiger partial charge in [-0.2, -0.15) is 0 Å². The maximum absolute atomic E-state index is 5.47. The number of aliphatic imine (C=N–C) groups is 1. The molecule has 1 aromatic carbocycles. The van der Waals surface area contributed by atoms with E-state index in [2.05, 4.69) is 10.4 Å². The Morgan fingerprint density at radius 1 is 1.31 bits per heavy atom. The number of hydrazine groups is 1. The molecule has 0 amide bonds. The molecule has 0 saturated carbocycles. The summed E-state index contributed by atoms with van der Waals surface area (Å²) in [5.74, 6) is 5.30. The van der Waals surface area contributed by atoms with Crippen molar-refractivity contribution in [2.75, 3.05) is 13.2 Å². The van der Waals surface area contributed by atoms with Gasteiger partial charge in [-0.05, 0) is 12.0 Å². The Balaban J connectivity index is 2.05. The van der Waals surface area contributed by atoms with E-state index >= 15 is 0 Å². The summed E-state index contributed by atoms with van der Waals surface area (Å²) in [5.41, 5.74) is 8.80. The number of benzene rings is 1.